The van der Waals surface area contributed by atoms with E-state index < -0.39 is 0 Å². The van der Waals surface area contributed by atoms with E-state index in [1.54, 1.807) is 31.8 Å². The van der Waals surface area contributed by atoms with Gasteiger partial charge in [-0.25, -0.2) is 4.98 Å². The van der Waals surface area contributed by atoms with Crippen LogP contribution in [-0.2, 0) is 0 Å². The van der Waals surface area contributed by atoms with Gasteiger partial charge in [-0.2, -0.15) is 9.97 Å². The number of hydrogen-bond donors (Lipinski definition) is 0. The first-order valence-corrected chi connectivity index (χ1v) is 8.00. The normalized spacial score (nSPS) is 17.9. The number of rotatable bonds is 4. The molecule has 0 radical (unpaired) electrons. The molecule has 1 saturated heterocycles. The summed E-state index contributed by atoms with van der Waals surface area (Å²) in [6, 6.07) is 2.04. The first-order valence-electron chi connectivity index (χ1n) is 7.24. The second kappa shape index (κ2) is 7.19. The number of anilines is 1. The first kappa shape index (κ1) is 16.1. The number of aromatic nitrogens is 3. The molecule has 3 rings (SSSR count). The Balaban J connectivity index is 1.67. The summed E-state index contributed by atoms with van der Waals surface area (Å²) >= 11 is 12.1. The fraction of sp³-hybridized carbons (Fsp3) is 0.400. The third-order valence-electron chi connectivity index (χ3n) is 3.58. The Morgan fingerprint density at radius 2 is 1.96 bits per heavy atom. The van der Waals surface area contributed by atoms with Crippen LogP contribution < -0.4 is 14.4 Å². The van der Waals surface area contributed by atoms with Gasteiger partial charge in [-0.05, 0) is 18.9 Å². The monoisotopic (exact) mass is 354 g/mol. The molecule has 1 atom stereocenters. The Morgan fingerprint density at radius 3 is 2.65 bits per heavy atom. The number of piperidine rings is 1. The average molecular weight is 355 g/mol. The van der Waals surface area contributed by atoms with Crippen molar-refractivity contribution in [2.45, 2.75) is 18.9 Å². The third-order valence-corrected chi connectivity index (χ3v) is 4.06. The van der Waals surface area contributed by atoms with Crippen molar-refractivity contribution in [2.75, 3.05) is 25.1 Å². The Hall–Kier alpha value is -1.79. The van der Waals surface area contributed by atoms with Crippen LogP contribution in [0.3, 0.4) is 0 Å². The number of hydrogen-bond acceptors (Lipinski definition) is 6. The van der Waals surface area contributed by atoms with Gasteiger partial charge in [0.25, 0.3) is 0 Å². The van der Waals surface area contributed by atoms with Crippen molar-refractivity contribution in [2.24, 2.45) is 0 Å². The molecule has 122 valence electrons. The van der Waals surface area contributed by atoms with Crippen LogP contribution in [0.2, 0.25) is 10.0 Å². The van der Waals surface area contributed by atoms with Gasteiger partial charge >= 0.3 is 6.01 Å². The molecule has 3 heterocycles. The third kappa shape index (κ3) is 3.95. The maximum absolute atomic E-state index is 6.24. The minimum Gasteiger partial charge on any atom is -0.494 e. The summed E-state index contributed by atoms with van der Waals surface area (Å²) in [7, 11) is 1.57. The molecule has 0 aromatic carbocycles. The minimum atomic E-state index is -0.0225. The molecule has 1 fully saturated rings. The van der Waals surface area contributed by atoms with Gasteiger partial charge in [0, 0.05) is 12.7 Å². The van der Waals surface area contributed by atoms with Crippen molar-refractivity contribution in [1.82, 2.24) is 15.0 Å². The summed E-state index contributed by atoms with van der Waals surface area (Å²) in [5.41, 5.74) is 0. The molecule has 1 unspecified atom stereocenters. The van der Waals surface area contributed by atoms with Crippen molar-refractivity contribution in [3.8, 4) is 11.8 Å². The van der Waals surface area contributed by atoms with Gasteiger partial charge < -0.3 is 14.4 Å². The number of halogens is 2. The summed E-state index contributed by atoms with van der Waals surface area (Å²) in [6.45, 7) is 1.54. The molecular weight excluding hydrogens is 339 g/mol. The second-order valence-electron chi connectivity index (χ2n) is 5.19. The van der Waals surface area contributed by atoms with Gasteiger partial charge in [-0.1, -0.05) is 23.2 Å². The SMILES string of the molecule is COc1cnc(OC2CCCN(c3ncc(Cl)cc3Cl)C2)nc1. The second-order valence-corrected chi connectivity index (χ2v) is 6.04. The standard InChI is InChI=1S/C15H16Cl2N4O2/c1-22-12-7-19-15(20-8-12)23-11-3-2-4-21(9-11)14-13(17)5-10(16)6-18-14/h5-8,11H,2-4,9H2,1H3. The molecule has 0 bridgehead atoms. The largest absolute Gasteiger partial charge is 0.494 e. The Morgan fingerprint density at radius 1 is 1.17 bits per heavy atom. The number of pyridine rings is 1. The van der Waals surface area contributed by atoms with Gasteiger partial charge in [-0.3, -0.25) is 0 Å². The quantitative estimate of drug-likeness (QED) is 0.839. The first-order chi connectivity index (χ1) is 11.2. The highest BCUT2D eigenvalue weighted by Crippen LogP contribution is 2.28. The fourth-order valence-electron chi connectivity index (χ4n) is 2.49. The van der Waals surface area contributed by atoms with E-state index >= 15 is 0 Å². The van der Waals surface area contributed by atoms with Crippen molar-refractivity contribution < 1.29 is 9.47 Å². The van der Waals surface area contributed by atoms with Gasteiger partial charge in [0.05, 0.1) is 36.1 Å². The van der Waals surface area contributed by atoms with Crippen molar-refractivity contribution in [3.05, 3.63) is 34.7 Å². The molecule has 23 heavy (non-hydrogen) atoms. The van der Waals surface area contributed by atoms with Crippen LogP contribution in [0.25, 0.3) is 0 Å². The summed E-state index contributed by atoms with van der Waals surface area (Å²) in [6.07, 6.45) is 6.64. The lowest BCUT2D eigenvalue weighted by molar-refractivity contribution is 0.164. The van der Waals surface area contributed by atoms with Crippen LogP contribution in [-0.4, -0.2) is 41.3 Å². The smallest absolute Gasteiger partial charge is 0.316 e. The predicted octanol–water partition coefficient (Wildman–Crippen LogP) is 3.23. The molecule has 1 aliphatic rings. The molecule has 0 N–H and O–H groups in total. The Labute approximate surface area is 144 Å². The minimum absolute atomic E-state index is 0.0225. The zero-order valence-electron chi connectivity index (χ0n) is 12.6. The molecule has 0 saturated carbocycles. The summed E-state index contributed by atoms with van der Waals surface area (Å²) < 4.78 is 10.9. The van der Waals surface area contributed by atoms with E-state index in [1.807, 2.05) is 0 Å². The van der Waals surface area contributed by atoms with Crippen LogP contribution >= 0.6 is 23.2 Å². The van der Waals surface area contributed by atoms with Crippen LogP contribution in [0.4, 0.5) is 5.82 Å². The molecule has 0 spiro atoms. The van der Waals surface area contributed by atoms with Crippen LogP contribution in [0.1, 0.15) is 12.8 Å². The lowest BCUT2D eigenvalue weighted by Crippen LogP contribution is -2.42. The predicted molar refractivity (Wildman–Crippen MR) is 88.7 cm³/mol. The molecule has 0 aliphatic carbocycles. The average Bonchev–Trinajstić information content (AvgIpc) is 2.56. The van der Waals surface area contributed by atoms with Crippen molar-refractivity contribution in [1.29, 1.82) is 0 Å². The van der Waals surface area contributed by atoms with Crippen LogP contribution in [0.15, 0.2) is 24.7 Å². The molecular formula is C15H16Cl2N4O2. The van der Waals surface area contributed by atoms with E-state index in [4.69, 9.17) is 32.7 Å². The Bertz CT molecular complexity index is 669. The van der Waals surface area contributed by atoms with Gasteiger partial charge in [0.1, 0.15) is 11.9 Å². The van der Waals surface area contributed by atoms with Gasteiger partial charge in [-0.15, -0.1) is 0 Å². The highest BCUT2D eigenvalue weighted by molar-refractivity contribution is 6.36. The molecule has 8 heteroatoms. The van der Waals surface area contributed by atoms with E-state index in [-0.39, 0.29) is 6.10 Å². The maximum Gasteiger partial charge on any atom is 0.316 e. The number of nitrogens with zero attached hydrogens (tertiary/aromatic N) is 4. The zero-order chi connectivity index (χ0) is 16.2. The van der Waals surface area contributed by atoms with Crippen LogP contribution in [0, 0.1) is 0 Å². The lowest BCUT2D eigenvalue weighted by Gasteiger charge is -2.33. The zero-order valence-corrected chi connectivity index (χ0v) is 14.1. The molecule has 0 amide bonds. The van der Waals surface area contributed by atoms with Gasteiger partial charge in [0.2, 0.25) is 0 Å². The van der Waals surface area contributed by atoms with E-state index in [9.17, 15) is 0 Å². The highest BCUT2D eigenvalue weighted by atomic mass is 35.5. The van der Waals surface area contributed by atoms with Crippen molar-refractivity contribution in [3.63, 3.8) is 0 Å². The van der Waals surface area contributed by atoms with E-state index in [0.29, 0.717) is 28.3 Å². The topological polar surface area (TPSA) is 60.4 Å². The fourth-order valence-corrected chi connectivity index (χ4v) is 2.99. The van der Waals surface area contributed by atoms with Crippen molar-refractivity contribution >= 4 is 29.0 Å². The summed E-state index contributed by atoms with van der Waals surface area (Å²) in [5, 5.41) is 1.06. The van der Waals surface area contributed by atoms with Gasteiger partial charge in [0.15, 0.2) is 5.75 Å². The number of methoxy groups -OCH3 is 1. The van der Waals surface area contributed by atoms with Crippen LogP contribution in [0.5, 0.6) is 11.8 Å². The van der Waals surface area contributed by atoms with E-state index in [1.165, 1.54) is 0 Å². The van der Waals surface area contributed by atoms with E-state index in [0.717, 1.165) is 25.2 Å². The summed E-state index contributed by atoms with van der Waals surface area (Å²) in [5.74, 6) is 1.32. The highest BCUT2D eigenvalue weighted by Gasteiger charge is 2.24. The van der Waals surface area contributed by atoms with E-state index in [2.05, 4.69) is 19.9 Å². The lowest BCUT2D eigenvalue weighted by atomic mass is 10.1. The number of ether oxygens (including phenoxy) is 2. The molecule has 2 aromatic heterocycles. The summed E-state index contributed by atoms with van der Waals surface area (Å²) in [4.78, 5) is 14.7. The maximum atomic E-state index is 6.24. The molecule has 1 aliphatic heterocycles. The molecule has 6 nitrogen and oxygen atoms in total. The molecule has 2 aromatic rings. The Kier molecular flexibility index (Phi) is 5.03.